The van der Waals surface area contributed by atoms with Crippen LogP contribution in [0.5, 0.6) is 0 Å². The van der Waals surface area contributed by atoms with Crippen LogP contribution in [-0.2, 0) is 10.0 Å². The minimum Gasteiger partial charge on any atom is -0.332 e. The zero-order valence-corrected chi connectivity index (χ0v) is 20.5. The van der Waals surface area contributed by atoms with Gasteiger partial charge in [0.05, 0.1) is 34.7 Å². The number of aromatic nitrogens is 2. The van der Waals surface area contributed by atoms with Gasteiger partial charge in [-0.2, -0.15) is 4.31 Å². The molecule has 1 aliphatic rings. The molecule has 0 aliphatic carbocycles. The topological polar surface area (TPSA) is 66.4 Å². The van der Waals surface area contributed by atoms with Crippen LogP contribution in [0.15, 0.2) is 102 Å². The Balaban J connectivity index is 1.68. The molecule has 0 spiro atoms. The summed E-state index contributed by atoms with van der Waals surface area (Å²) in [4.78, 5) is 11.1. The second-order valence-corrected chi connectivity index (χ2v) is 10.6. The summed E-state index contributed by atoms with van der Waals surface area (Å²) in [5.41, 5.74) is 4.76. The van der Waals surface area contributed by atoms with Crippen LogP contribution < -0.4 is 4.90 Å². The van der Waals surface area contributed by atoms with Gasteiger partial charge in [-0.25, -0.2) is 8.42 Å². The Morgan fingerprint density at radius 1 is 0.829 bits per heavy atom. The maximum absolute atomic E-state index is 13.5. The van der Waals surface area contributed by atoms with E-state index in [1.54, 1.807) is 22.8 Å². The summed E-state index contributed by atoms with van der Waals surface area (Å²) in [6.45, 7) is 3.24. The summed E-state index contributed by atoms with van der Waals surface area (Å²) in [6.07, 6.45) is 8.93. The second-order valence-electron chi connectivity index (χ2n) is 8.69. The minimum absolute atomic E-state index is 0.202. The van der Waals surface area contributed by atoms with Crippen LogP contribution in [-0.4, -0.2) is 35.8 Å². The lowest BCUT2D eigenvalue weighted by Gasteiger charge is -2.33. The van der Waals surface area contributed by atoms with E-state index in [2.05, 4.69) is 33.9 Å². The van der Waals surface area contributed by atoms with Crippen LogP contribution in [0, 0.1) is 0 Å². The number of pyridine rings is 2. The Morgan fingerprint density at radius 2 is 1.46 bits per heavy atom. The molecule has 2 aromatic heterocycles. The molecule has 0 bridgehead atoms. The maximum atomic E-state index is 13.5. The highest BCUT2D eigenvalue weighted by molar-refractivity contribution is 7.89. The monoisotopic (exact) mass is 484 g/mol. The lowest BCUT2D eigenvalue weighted by atomic mass is 9.94. The molecule has 2 aromatic carbocycles. The van der Waals surface area contributed by atoms with Crippen LogP contribution >= 0.6 is 0 Å². The van der Waals surface area contributed by atoms with Crippen LogP contribution in [0.3, 0.4) is 0 Å². The lowest BCUT2D eigenvalue weighted by Crippen LogP contribution is -2.28. The highest BCUT2D eigenvalue weighted by Gasteiger charge is 2.29. The fourth-order valence-corrected chi connectivity index (χ4v) is 6.29. The molecule has 0 saturated carbocycles. The van der Waals surface area contributed by atoms with Crippen LogP contribution in [0.1, 0.15) is 31.4 Å². The summed E-state index contributed by atoms with van der Waals surface area (Å²) in [5, 5.41) is 0. The first-order valence-electron chi connectivity index (χ1n) is 11.8. The predicted octanol–water partition coefficient (Wildman–Crippen LogP) is 5.83. The van der Waals surface area contributed by atoms with Crippen molar-refractivity contribution in [1.29, 1.82) is 0 Å². The summed E-state index contributed by atoms with van der Waals surface area (Å²) in [5.74, 6) is 0. The van der Waals surface area contributed by atoms with E-state index in [9.17, 15) is 8.42 Å². The number of rotatable bonds is 7. The molecule has 0 radical (unpaired) electrons. The van der Waals surface area contributed by atoms with Gasteiger partial charge in [-0.05, 0) is 72.9 Å². The number of hydrogen-bond donors (Lipinski definition) is 0. The van der Waals surface area contributed by atoms with E-state index in [-0.39, 0.29) is 6.04 Å². The normalized spacial score (nSPS) is 15.1. The Morgan fingerprint density at radius 3 is 2.03 bits per heavy atom. The van der Waals surface area contributed by atoms with Gasteiger partial charge < -0.3 is 4.90 Å². The van der Waals surface area contributed by atoms with Crippen molar-refractivity contribution in [3.05, 3.63) is 103 Å². The van der Waals surface area contributed by atoms with E-state index in [0.29, 0.717) is 18.0 Å². The van der Waals surface area contributed by atoms with Gasteiger partial charge in [0.2, 0.25) is 10.0 Å². The van der Waals surface area contributed by atoms with Gasteiger partial charge in [0.15, 0.2) is 0 Å². The molecule has 1 unspecified atom stereocenters. The van der Waals surface area contributed by atoms with Crippen LogP contribution in [0.25, 0.3) is 11.1 Å². The average Bonchev–Trinajstić information content (AvgIpc) is 3.46. The van der Waals surface area contributed by atoms with Crippen LogP contribution in [0.2, 0.25) is 0 Å². The van der Waals surface area contributed by atoms with Gasteiger partial charge in [-0.3, -0.25) is 9.97 Å². The van der Waals surface area contributed by atoms with E-state index in [1.807, 2.05) is 67.0 Å². The van der Waals surface area contributed by atoms with Gasteiger partial charge in [0, 0.05) is 25.5 Å². The third-order valence-corrected chi connectivity index (χ3v) is 8.39. The minimum atomic E-state index is -3.56. The largest absolute Gasteiger partial charge is 0.332 e. The molecule has 35 heavy (non-hydrogen) atoms. The molecule has 5 rings (SSSR count). The third-order valence-electron chi connectivity index (χ3n) is 6.50. The number of sulfonamides is 1. The Bertz CT molecular complexity index is 1340. The molecule has 0 amide bonds. The third kappa shape index (κ3) is 4.70. The first-order valence-corrected chi connectivity index (χ1v) is 13.3. The molecule has 7 heteroatoms. The number of nitrogens with zero attached hydrogens (tertiary/aromatic N) is 4. The molecule has 1 fully saturated rings. The number of hydrogen-bond acceptors (Lipinski definition) is 5. The number of anilines is 2. The van der Waals surface area contributed by atoms with Gasteiger partial charge in [0.1, 0.15) is 0 Å². The molecule has 1 atom stereocenters. The van der Waals surface area contributed by atoms with Crippen molar-refractivity contribution in [3.63, 3.8) is 0 Å². The zero-order valence-electron chi connectivity index (χ0n) is 19.7. The molecule has 178 valence electrons. The van der Waals surface area contributed by atoms with Gasteiger partial charge in [-0.1, -0.05) is 36.4 Å². The van der Waals surface area contributed by atoms with Crippen molar-refractivity contribution in [3.8, 4) is 11.1 Å². The molecule has 1 aliphatic heterocycles. The quantitative estimate of drug-likeness (QED) is 0.330. The summed E-state index contributed by atoms with van der Waals surface area (Å²) >= 11 is 0. The summed E-state index contributed by atoms with van der Waals surface area (Å²) < 4.78 is 28.5. The standard InChI is InChI=1S/C28H28N4O2S/c1-22(32(24-11-7-15-29-20-24)25-12-8-16-30-21-25)28-19-26(35(33,34)31-17-5-6-18-31)13-14-27(28)23-9-3-2-4-10-23/h2-4,7-16,19-22H,5-6,17-18H2,1H3. The van der Waals surface area contributed by atoms with Crippen molar-refractivity contribution in [1.82, 2.24) is 14.3 Å². The average molecular weight is 485 g/mol. The molecular weight excluding hydrogens is 456 g/mol. The van der Waals surface area contributed by atoms with Crippen molar-refractivity contribution >= 4 is 21.4 Å². The first kappa shape index (κ1) is 23.2. The Kier molecular flexibility index (Phi) is 6.61. The Hall–Kier alpha value is -3.55. The van der Waals surface area contributed by atoms with Crippen molar-refractivity contribution < 1.29 is 8.42 Å². The SMILES string of the molecule is CC(c1cc(S(=O)(=O)N2CCCC2)ccc1-c1ccccc1)N(c1cccnc1)c1cccnc1. The van der Waals surface area contributed by atoms with E-state index in [1.165, 1.54) is 0 Å². The highest BCUT2D eigenvalue weighted by atomic mass is 32.2. The summed E-state index contributed by atoms with van der Waals surface area (Å²) in [7, 11) is -3.56. The van der Waals surface area contributed by atoms with E-state index < -0.39 is 10.0 Å². The summed E-state index contributed by atoms with van der Waals surface area (Å²) in [6, 6.07) is 23.2. The first-order chi connectivity index (χ1) is 17.1. The Labute approximate surface area is 207 Å². The van der Waals surface area contributed by atoms with Gasteiger partial charge in [0.25, 0.3) is 0 Å². The van der Waals surface area contributed by atoms with Crippen molar-refractivity contribution in [2.75, 3.05) is 18.0 Å². The van der Waals surface area contributed by atoms with E-state index in [4.69, 9.17) is 0 Å². The fourth-order valence-electron chi connectivity index (χ4n) is 4.73. The van der Waals surface area contributed by atoms with Crippen LogP contribution in [0.4, 0.5) is 11.4 Å². The zero-order chi connectivity index (χ0) is 24.3. The lowest BCUT2D eigenvalue weighted by molar-refractivity contribution is 0.477. The van der Waals surface area contributed by atoms with Crippen molar-refractivity contribution in [2.24, 2.45) is 0 Å². The molecule has 0 N–H and O–H groups in total. The molecule has 3 heterocycles. The molecule has 6 nitrogen and oxygen atoms in total. The fraction of sp³-hybridized carbons (Fsp3) is 0.214. The molecule has 1 saturated heterocycles. The van der Waals surface area contributed by atoms with Crippen molar-refractivity contribution in [2.45, 2.75) is 30.7 Å². The van der Waals surface area contributed by atoms with Gasteiger partial charge >= 0.3 is 0 Å². The maximum Gasteiger partial charge on any atom is 0.243 e. The predicted molar refractivity (Wildman–Crippen MR) is 139 cm³/mol. The van der Waals surface area contributed by atoms with Gasteiger partial charge in [-0.15, -0.1) is 0 Å². The smallest absolute Gasteiger partial charge is 0.243 e. The molecular formula is C28H28N4O2S. The highest BCUT2D eigenvalue weighted by Crippen LogP contribution is 2.39. The van der Waals surface area contributed by atoms with E-state index >= 15 is 0 Å². The molecule has 4 aromatic rings. The van der Waals surface area contributed by atoms with E-state index in [0.717, 1.165) is 40.9 Å². The second kappa shape index (κ2) is 9.98. The number of benzene rings is 2.